The van der Waals surface area contributed by atoms with Gasteiger partial charge in [0.1, 0.15) is 6.07 Å². The van der Waals surface area contributed by atoms with E-state index in [4.69, 9.17) is 5.26 Å². The molecule has 0 unspecified atom stereocenters. The second-order valence-corrected chi connectivity index (χ2v) is 4.45. The summed E-state index contributed by atoms with van der Waals surface area (Å²) in [5.74, 6) is 0.522. The molecule has 0 aliphatic heterocycles. The van der Waals surface area contributed by atoms with Gasteiger partial charge in [-0.3, -0.25) is 0 Å². The molecule has 5 heteroatoms. The van der Waals surface area contributed by atoms with Gasteiger partial charge in [0, 0.05) is 23.8 Å². The summed E-state index contributed by atoms with van der Waals surface area (Å²) in [6.07, 6.45) is 5.13. The molecular formula is C13H12N4S. The number of hydrogen-bond acceptors (Lipinski definition) is 5. The number of aromatic nitrogens is 2. The first kappa shape index (κ1) is 12.4. The van der Waals surface area contributed by atoms with E-state index in [9.17, 15) is 0 Å². The van der Waals surface area contributed by atoms with Gasteiger partial charge in [-0.25, -0.2) is 9.97 Å². The van der Waals surface area contributed by atoms with E-state index in [-0.39, 0.29) is 0 Å². The zero-order valence-electron chi connectivity index (χ0n) is 9.92. The van der Waals surface area contributed by atoms with Crippen LogP contribution in [0, 0.1) is 11.3 Å². The molecule has 0 spiro atoms. The number of nitrogens with one attached hydrogen (secondary N) is 1. The number of benzene rings is 1. The lowest BCUT2D eigenvalue weighted by Gasteiger charge is -2.06. The average molecular weight is 256 g/mol. The summed E-state index contributed by atoms with van der Waals surface area (Å²) in [6.45, 7) is 0.627. The van der Waals surface area contributed by atoms with Crippen LogP contribution in [0.25, 0.3) is 0 Å². The molecule has 0 aliphatic carbocycles. The summed E-state index contributed by atoms with van der Waals surface area (Å²) in [6, 6.07) is 10.3. The highest BCUT2D eigenvalue weighted by molar-refractivity contribution is 7.98. The first-order chi connectivity index (χ1) is 8.83. The van der Waals surface area contributed by atoms with Gasteiger partial charge in [-0.05, 0) is 24.0 Å². The van der Waals surface area contributed by atoms with Gasteiger partial charge in [0.05, 0.1) is 0 Å². The lowest BCUT2D eigenvalue weighted by molar-refractivity contribution is 1.07. The molecule has 0 atom stereocenters. The van der Waals surface area contributed by atoms with Gasteiger partial charge in [-0.15, -0.1) is 11.8 Å². The van der Waals surface area contributed by atoms with Crippen LogP contribution in [0.3, 0.4) is 0 Å². The molecule has 0 radical (unpaired) electrons. The van der Waals surface area contributed by atoms with Crippen molar-refractivity contribution < 1.29 is 0 Å². The predicted molar refractivity (Wildman–Crippen MR) is 72.3 cm³/mol. The molecule has 2 rings (SSSR count). The third-order valence-electron chi connectivity index (χ3n) is 2.42. The second kappa shape index (κ2) is 6.03. The summed E-state index contributed by atoms with van der Waals surface area (Å²) in [5.41, 5.74) is 1.46. The van der Waals surface area contributed by atoms with Crippen molar-refractivity contribution in [1.29, 1.82) is 5.26 Å². The van der Waals surface area contributed by atoms with E-state index in [0.717, 1.165) is 5.56 Å². The lowest BCUT2D eigenvalue weighted by Crippen LogP contribution is -2.04. The molecule has 2 aromatic rings. The standard InChI is InChI=1S/C13H12N4S/c1-18-11-4-2-10(3-5-11)9-17-13-12(8-14)15-6-7-16-13/h2-7H,9H2,1H3,(H,16,17). The molecule has 1 N–H and O–H groups in total. The highest BCUT2D eigenvalue weighted by Gasteiger charge is 2.03. The van der Waals surface area contributed by atoms with Crippen molar-refractivity contribution in [2.75, 3.05) is 11.6 Å². The van der Waals surface area contributed by atoms with Crippen LogP contribution >= 0.6 is 11.8 Å². The maximum Gasteiger partial charge on any atom is 0.182 e. The minimum Gasteiger partial charge on any atom is -0.364 e. The number of hydrogen-bond donors (Lipinski definition) is 1. The van der Waals surface area contributed by atoms with E-state index in [1.54, 1.807) is 18.0 Å². The Bertz CT molecular complexity index is 560. The van der Waals surface area contributed by atoms with Crippen LogP contribution < -0.4 is 5.32 Å². The molecule has 0 bridgehead atoms. The van der Waals surface area contributed by atoms with Crippen LogP contribution in [0.15, 0.2) is 41.6 Å². The van der Waals surface area contributed by atoms with Crippen molar-refractivity contribution in [3.05, 3.63) is 47.9 Å². The van der Waals surface area contributed by atoms with Crippen molar-refractivity contribution in [2.24, 2.45) is 0 Å². The number of rotatable bonds is 4. The minimum absolute atomic E-state index is 0.318. The molecule has 18 heavy (non-hydrogen) atoms. The number of nitrogens with zero attached hydrogens (tertiary/aromatic N) is 3. The molecule has 1 heterocycles. The molecule has 90 valence electrons. The van der Waals surface area contributed by atoms with Gasteiger partial charge in [0.15, 0.2) is 11.5 Å². The second-order valence-electron chi connectivity index (χ2n) is 3.57. The van der Waals surface area contributed by atoms with Crippen LogP contribution in [0.1, 0.15) is 11.3 Å². The smallest absolute Gasteiger partial charge is 0.182 e. The fourth-order valence-corrected chi connectivity index (χ4v) is 1.89. The summed E-state index contributed by atoms with van der Waals surface area (Å²) in [4.78, 5) is 9.28. The van der Waals surface area contributed by atoms with Crippen molar-refractivity contribution >= 4 is 17.6 Å². The Kier molecular flexibility index (Phi) is 4.15. The maximum atomic E-state index is 8.89. The van der Waals surface area contributed by atoms with Crippen molar-refractivity contribution in [3.8, 4) is 6.07 Å². The molecule has 0 amide bonds. The van der Waals surface area contributed by atoms with E-state index in [0.29, 0.717) is 18.1 Å². The Morgan fingerprint density at radius 1 is 1.22 bits per heavy atom. The molecule has 0 saturated heterocycles. The number of nitriles is 1. The summed E-state index contributed by atoms with van der Waals surface area (Å²) < 4.78 is 0. The Labute approximate surface area is 110 Å². The first-order valence-corrected chi connectivity index (χ1v) is 6.64. The monoisotopic (exact) mass is 256 g/mol. The van der Waals surface area contributed by atoms with Gasteiger partial charge in [-0.1, -0.05) is 12.1 Å². The zero-order valence-corrected chi connectivity index (χ0v) is 10.7. The summed E-state index contributed by atoms with van der Waals surface area (Å²) in [5, 5.41) is 12.0. The van der Waals surface area contributed by atoms with Crippen LogP contribution in [-0.2, 0) is 6.54 Å². The molecule has 1 aromatic carbocycles. The van der Waals surface area contributed by atoms with E-state index in [1.165, 1.54) is 11.1 Å². The van der Waals surface area contributed by atoms with E-state index >= 15 is 0 Å². The maximum absolute atomic E-state index is 8.89. The Morgan fingerprint density at radius 2 is 1.94 bits per heavy atom. The van der Waals surface area contributed by atoms with Crippen LogP contribution in [0.5, 0.6) is 0 Å². The fourth-order valence-electron chi connectivity index (χ4n) is 1.48. The number of thioether (sulfide) groups is 1. The Hall–Kier alpha value is -2.06. The van der Waals surface area contributed by atoms with Gasteiger partial charge >= 0.3 is 0 Å². The van der Waals surface area contributed by atoms with Gasteiger partial charge in [-0.2, -0.15) is 5.26 Å². The van der Waals surface area contributed by atoms with Gasteiger partial charge in [0.2, 0.25) is 0 Å². The fraction of sp³-hybridized carbons (Fsp3) is 0.154. The third kappa shape index (κ3) is 2.99. The average Bonchev–Trinajstić information content (AvgIpc) is 2.46. The van der Waals surface area contributed by atoms with Crippen molar-refractivity contribution in [1.82, 2.24) is 9.97 Å². The third-order valence-corrected chi connectivity index (χ3v) is 3.17. The van der Waals surface area contributed by atoms with Crippen molar-refractivity contribution in [2.45, 2.75) is 11.4 Å². The van der Waals surface area contributed by atoms with Crippen LogP contribution in [-0.4, -0.2) is 16.2 Å². The van der Waals surface area contributed by atoms with Gasteiger partial charge in [0.25, 0.3) is 0 Å². The van der Waals surface area contributed by atoms with E-state index < -0.39 is 0 Å². The highest BCUT2D eigenvalue weighted by atomic mass is 32.2. The molecular weight excluding hydrogens is 244 g/mol. The minimum atomic E-state index is 0.318. The molecule has 0 fully saturated rings. The molecule has 4 nitrogen and oxygen atoms in total. The normalized spacial score (nSPS) is 9.78. The molecule has 0 saturated carbocycles. The summed E-state index contributed by atoms with van der Waals surface area (Å²) in [7, 11) is 0. The van der Waals surface area contributed by atoms with E-state index in [2.05, 4.69) is 39.6 Å². The lowest BCUT2D eigenvalue weighted by atomic mass is 10.2. The highest BCUT2D eigenvalue weighted by Crippen LogP contribution is 2.15. The SMILES string of the molecule is CSc1ccc(CNc2nccnc2C#N)cc1. The Morgan fingerprint density at radius 3 is 2.61 bits per heavy atom. The van der Waals surface area contributed by atoms with Crippen LogP contribution in [0.4, 0.5) is 5.82 Å². The Balaban J connectivity index is 2.05. The zero-order chi connectivity index (χ0) is 12.8. The first-order valence-electron chi connectivity index (χ1n) is 5.41. The van der Waals surface area contributed by atoms with Gasteiger partial charge < -0.3 is 5.32 Å². The molecule has 1 aromatic heterocycles. The predicted octanol–water partition coefficient (Wildman–Crippen LogP) is 2.68. The quantitative estimate of drug-likeness (QED) is 0.852. The largest absolute Gasteiger partial charge is 0.364 e. The summed E-state index contributed by atoms with van der Waals surface area (Å²) >= 11 is 1.71. The van der Waals surface area contributed by atoms with E-state index in [1.807, 2.05) is 12.3 Å². The topological polar surface area (TPSA) is 61.6 Å². The number of anilines is 1. The molecule has 0 aliphatic rings. The van der Waals surface area contributed by atoms with Crippen LogP contribution in [0.2, 0.25) is 0 Å². The van der Waals surface area contributed by atoms with Crippen molar-refractivity contribution in [3.63, 3.8) is 0 Å².